The van der Waals surface area contributed by atoms with Crippen LogP contribution in [0.4, 0.5) is 0 Å². The average molecular weight is 407 g/mol. The molecule has 29 heavy (non-hydrogen) atoms. The summed E-state index contributed by atoms with van der Waals surface area (Å²) in [6.45, 7) is 5.33. The zero-order valence-corrected chi connectivity index (χ0v) is 18.4. The molecule has 1 aromatic rings. The van der Waals surface area contributed by atoms with Gasteiger partial charge in [0.25, 0.3) is 0 Å². The molecule has 2 fully saturated rings. The van der Waals surface area contributed by atoms with Crippen molar-refractivity contribution in [1.29, 1.82) is 0 Å². The first-order chi connectivity index (χ1) is 14.2. The number of piperazine rings is 1. The van der Waals surface area contributed by atoms with E-state index in [1.165, 1.54) is 38.6 Å². The molecule has 0 spiro atoms. The second kappa shape index (κ2) is 11.0. The van der Waals surface area contributed by atoms with E-state index in [-0.39, 0.29) is 6.61 Å². The molecule has 1 atom stereocenters. The molecule has 164 valence electrons. The van der Waals surface area contributed by atoms with Gasteiger partial charge in [0.05, 0.1) is 21.3 Å². The number of nitrogens with zero attached hydrogens (tertiary/aromatic N) is 2. The Bertz CT molecular complexity index is 634. The molecule has 1 aliphatic heterocycles. The van der Waals surface area contributed by atoms with Gasteiger partial charge >= 0.3 is 0 Å². The first-order valence-electron chi connectivity index (χ1n) is 11.0. The van der Waals surface area contributed by atoms with Crippen molar-refractivity contribution in [2.24, 2.45) is 5.92 Å². The fraction of sp³-hybridized carbons (Fsp3) is 0.739. The van der Waals surface area contributed by atoms with Crippen molar-refractivity contribution >= 4 is 0 Å². The topological polar surface area (TPSA) is 54.4 Å². The molecule has 1 N–H and O–H groups in total. The molecular formula is C23H38N2O4. The molecule has 0 amide bonds. The highest BCUT2D eigenvalue weighted by molar-refractivity contribution is 5.50. The lowest BCUT2D eigenvalue weighted by Crippen LogP contribution is -2.54. The van der Waals surface area contributed by atoms with Crippen LogP contribution in [-0.4, -0.2) is 75.1 Å². The molecule has 2 aliphatic rings. The summed E-state index contributed by atoms with van der Waals surface area (Å²) in [4.78, 5) is 5.11. The number of hydrogen-bond acceptors (Lipinski definition) is 6. The first-order valence-corrected chi connectivity index (χ1v) is 11.0. The van der Waals surface area contributed by atoms with Gasteiger partial charge in [0.1, 0.15) is 5.75 Å². The van der Waals surface area contributed by atoms with Gasteiger partial charge in [-0.25, -0.2) is 0 Å². The Labute approximate surface area is 175 Å². The monoisotopic (exact) mass is 406 g/mol. The van der Waals surface area contributed by atoms with Gasteiger partial charge in [0.2, 0.25) is 0 Å². The fourth-order valence-electron chi connectivity index (χ4n) is 4.92. The SMILES string of the molecule is COc1cc(OC)c(OC)cc1CN1CCN(CC2CCCCC2)[C@H](CCO)C1. The highest BCUT2D eigenvalue weighted by Crippen LogP contribution is 2.35. The average Bonchev–Trinajstić information content (AvgIpc) is 2.76. The van der Waals surface area contributed by atoms with Crippen molar-refractivity contribution in [3.8, 4) is 17.2 Å². The minimum absolute atomic E-state index is 0.249. The maximum atomic E-state index is 9.63. The van der Waals surface area contributed by atoms with Crippen LogP contribution < -0.4 is 14.2 Å². The Hall–Kier alpha value is -1.50. The highest BCUT2D eigenvalue weighted by atomic mass is 16.5. The lowest BCUT2D eigenvalue weighted by Gasteiger charge is -2.43. The Balaban J connectivity index is 1.66. The van der Waals surface area contributed by atoms with Crippen LogP contribution in [0.5, 0.6) is 17.2 Å². The van der Waals surface area contributed by atoms with Gasteiger partial charge in [-0.2, -0.15) is 0 Å². The second-order valence-corrected chi connectivity index (χ2v) is 8.42. The van der Waals surface area contributed by atoms with Crippen molar-refractivity contribution in [3.63, 3.8) is 0 Å². The summed E-state index contributed by atoms with van der Waals surface area (Å²) in [6, 6.07) is 4.34. The van der Waals surface area contributed by atoms with Gasteiger partial charge in [0.15, 0.2) is 11.5 Å². The number of ether oxygens (including phenoxy) is 3. The summed E-state index contributed by atoms with van der Waals surface area (Å²) in [7, 11) is 5.00. The summed E-state index contributed by atoms with van der Waals surface area (Å²) >= 11 is 0. The van der Waals surface area contributed by atoms with E-state index in [0.717, 1.165) is 55.6 Å². The van der Waals surface area contributed by atoms with Crippen molar-refractivity contribution in [3.05, 3.63) is 17.7 Å². The van der Waals surface area contributed by atoms with Gasteiger partial charge in [-0.05, 0) is 31.2 Å². The molecule has 0 radical (unpaired) electrons. The molecule has 1 saturated carbocycles. The third-order valence-corrected chi connectivity index (χ3v) is 6.55. The van der Waals surface area contributed by atoms with Crippen LogP contribution in [0, 0.1) is 5.92 Å². The Morgan fingerprint density at radius 2 is 1.62 bits per heavy atom. The number of rotatable bonds is 9. The Kier molecular flexibility index (Phi) is 8.45. The number of hydrogen-bond donors (Lipinski definition) is 1. The van der Waals surface area contributed by atoms with Gasteiger partial charge < -0.3 is 19.3 Å². The summed E-state index contributed by atoms with van der Waals surface area (Å²) in [5, 5.41) is 9.63. The zero-order valence-electron chi connectivity index (χ0n) is 18.4. The summed E-state index contributed by atoms with van der Waals surface area (Å²) in [6.07, 6.45) is 7.75. The summed E-state index contributed by atoms with van der Waals surface area (Å²) in [5.74, 6) is 3.07. The van der Waals surface area contributed by atoms with E-state index in [9.17, 15) is 5.11 Å². The van der Waals surface area contributed by atoms with Crippen LogP contribution in [0.1, 0.15) is 44.1 Å². The molecule has 6 heteroatoms. The quantitative estimate of drug-likeness (QED) is 0.680. The lowest BCUT2D eigenvalue weighted by atomic mass is 9.88. The van der Waals surface area contributed by atoms with Gasteiger partial charge in [-0.15, -0.1) is 0 Å². The van der Waals surface area contributed by atoms with E-state index >= 15 is 0 Å². The number of benzene rings is 1. The number of methoxy groups -OCH3 is 3. The van der Waals surface area contributed by atoms with Crippen LogP contribution in [0.15, 0.2) is 12.1 Å². The Morgan fingerprint density at radius 1 is 0.931 bits per heavy atom. The van der Waals surface area contributed by atoms with Gasteiger partial charge in [-0.1, -0.05) is 19.3 Å². The normalized spacial score (nSPS) is 21.9. The van der Waals surface area contributed by atoms with Gasteiger partial charge in [-0.3, -0.25) is 9.80 Å². The predicted molar refractivity (Wildman–Crippen MR) is 115 cm³/mol. The molecule has 1 aliphatic carbocycles. The van der Waals surface area contributed by atoms with E-state index < -0.39 is 0 Å². The molecule has 1 saturated heterocycles. The number of aliphatic hydroxyl groups is 1. The van der Waals surface area contributed by atoms with Crippen molar-refractivity contribution < 1.29 is 19.3 Å². The van der Waals surface area contributed by atoms with Crippen LogP contribution in [-0.2, 0) is 6.54 Å². The van der Waals surface area contributed by atoms with Crippen molar-refractivity contribution in [2.75, 3.05) is 54.1 Å². The van der Waals surface area contributed by atoms with Gasteiger partial charge in [0, 0.05) is 57.0 Å². The van der Waals surface area contributed by atoms with E-state index in [1.807, 2.05) is 12.1 Å². The zero-order chi connectivity index (χ0) is 20.6. The minimum Gasteiger partial charge on any atom is -0.496 e. The van der Waals surface area contributed by atoms with E-state index in [4.69, 9.17) is 14.2 Å². The molecular weight excluding hydrogens is 368 g/mol. The minimum atomic E-state index is 0.249. The summed E-state index contributed by atoms with van der Waals surface area (Å²) < 4.78 is 16.5. The number of aliphatic hydroxyl groups excluding tert-OH is 1. The van der Waals surface area contributed by atoms with E-state index in [0.29, 0.717) is 11.8 Å². The Morgan fingerprint density at radius 3 is 2.28 bits per heavy atom. The standard InChI is InChI=1S/C23H38N2O4/c1-27-21-14-23(29-3)22(28-2)13-19(21)16-24-10-11-25(20(17-24)9-12-26)15-18-7-5-4-6-8-18/h13-14,18,20,26H,4-12,15-17H2,1-3H3/t20-/m1/s1. The summed E-state index contributed by atoms with van der Waals surface area (Å²) in [5.41, 5.74) is 1.11. The second-order valence-electron chi connectivity index (χ2n) is 8.42. The van der Waals surface area contributed by atoms with Crippen LogP contribution >= 0.6 is 0 Å². The molecule has 0 unspecified atom stereocenters. The van der Waals surface area contributed by atoms with Crippen LogP contribution in [0.25, 0.3) is 0 Å². The highest BCUT2D eigenvalue weighted by Gasteiger charge is 2.29. The maximum Gasteiger partial charge on any atom is 0.164 e. The molecule has 0 bridgehead atoms. The van der Waals surface area contributed by atoms with E-state index in [1.54, 1.807) is 21.3 Å². The lowest BCUT2D eigenvalue weighted by molar-refractivity contribution is 0.0397. The molecule has 1 heterocycles. The molecule has 0 aromatic heterocycles. The fourth-order valence-corrected chi connectivity index (χ4v) is 4.92. The smallest absolute Gasteiger partial charge is 0.164 e. The molecule has 1 aromatic carbocycles. The van der Waals surface area contributed by atoms with Crippen LogP contribution in [0.3, 0.4) is 0 Å². The predicted octanol–water partition coefficient (Wildman–Crippen LogP) is 3.16. The third kappa shape index (κ3) is 5.77. The third-order valence-electron chi connectivity index (χ3n) is 6.55. The first kappa shape index (κ1) is 22.2. The van der Waals surface area contributed by atoms with Crippen molar-refractivity contribution in [1.82, 2.24) is 9.80 Å². The van der Waals surface area contributed by atoms with Crippen molar-refractivity contribution in [2.45, 2.75) is 51.1 Å². The van der Waals surface area contributed by atoms with E-state index in [2.05, 4.69) is 9.80 Å². The largest absolute Gasteiger partial charge is 0.496 e. The molecule has 3 rings (SSSR count). The maximum absolute atomic E-state index is 9.63. The van der Waals surface area contributed by atoms with Crippen LogP contribution in [0.2, 0.25) is 0 Å². The molecule has 6 nitrogen and oxygen atoms in total.